The third kappa shape index (κ3) is 3.99. The smallest absolute Gasteiger partial charge is 0.246 e. The maximum absolute atomic E-state index is 12.3. The van der Waals surface area contributed by atoms with Crippen molar-refractivity contribution in [1.82, 2.24) is 10.2 Å². The Morgan fingerprint density at radius 3 is 3.10 bits per heavy atom. The number of benzene rings is 1. The Bertz CT molecular complexity index is 531. The molecule has 0 radical (unpaired) electrons. The van der Waals surface area contributed by atoms with Crippen LogP contribution in [0.5, 0.6) is 5.75 Å². The minimum absolute atomic E-state index is 0.0368. The van der Waals surface area contributed by atoms with Crippen molar-refractivity contribution < 1.29 is 9.53 Å². The Morgan fingerprint density at radius 1 is 1.57 bits per heavy atom. The van der Waals surface area contributed by atoms with Gasteiger partial charge in [-0.3, -0.25) is 4.79 Å². The molecule has 1 atom stereocenters. The quantitative estimate of drug-likeness (QED) is 0.850. The van der Waals surface area contributed by atoms with Crippen LogP contribution in [0, 0.1) is 0 Å². The number of rotatable bonds is 5. The van der Waals surface area contributed by atoms with E-state index in [1.54, 1.807) is 37.5 Å². The lowest BCUT2D eigenvalue weighted by Crippen LogP contribution is -2.39. The van der Waals surface area contributed by atoms with Crippen LogP contribution < -0.4 is 10.1 Å². The van der Waals surface area contributed by atoms with Crippen molar-refractivity contribution in [2.45, 2.75) is 18.9 Å². The van der Waals surface area contributed by atoms with Gasteiger partial charge in [0.15, 0.2) is 0 Å². The maximum Gasteiger partial charge on any atom is 0.246 e. The van der Waals surface area contributed by atoms with Gasteiger partial charge in [0, 0.05) is 35.8 Å². The van der Waals surface area contributed by atoms with Crippen molar-refractivity contribution in [3.8, 4) is 5.75 Å². The van der Waals surface area contributed by atoms with Crippen molar-refractivity contribution in [3.05, 3.63) is 34.9 Å². The first-order chi connectivity index (χ1) is 10.2. The van der Waals surface area contributed by atoms with Crippen LogP contribution in [0.1, 0.15) is 18.4 Å². The first-order valence-corrected chi connectivity index (χ1v) is 7.50. The second-order valence-electron chi connectivity index (χ2n) is 5.10. The van der Waals surface area contributed by atoms with Crippen molar-refractivity contribution in [1.29, 1.82) is 0 Å². The predicted octanol–water partition coefficient (Wildman–Crippen LogP) is 2.57. The second kappa shape index (κ2) is 7.48. The van der Waals surface area contributed by atoms with Crippen LogP contribution >= 0.6 is 11.6 Å². The molecule has 0 saturated carbocycles. The van der Waals surface area contributed by atoms with E-state index in [0.717, 1.165) is 31.5 Å². The van der Waals surface area contributed by atoms with E-state index in [2.05, 4.69) is 5.32 Å². The highest BCUT2D eigenvalue weighted by molar-refractivity contribution is 6.30. The summed E-state index contributed by atoms with van der Waals surface area (Å²) < 4.78 is 5.27. The molecule has 21 heavy (non-hydrogen) atoms. The zero-order valence-corrected chi connectivity index (χ0v) is 13.2. The average molecular weight is 309 g/mol. The third-order valence-corrected chi connectivity index (χ3v) is 3.93. The molecular weight excluding hydrogens is 288 g/mol. The number of hydrogen-bond donors (Lipinski definition) is 1. The first-order valence-electron chi connectivity index (χ1n) is 7.12. The summed E-state index contributed by atoms with van der Waals surface area (Å²) in [6.45, 7) is 1.66. The molecule has 1 saturated heterocycles. The number of halogens is 1. The number of nitrogens with one attached hydrogen (secondary N) is 1. The van der Waals surface area contributed by atoms with Crippen molar-refractivity contribution in [2.75, 3.05) is 27.2 Å². The molecule has 0 spiro atoms. The number of nitrogens with zero attached hydrogens (tertiary/aromatic N) is 1. The molecule has 2 rings (SSSR count). The molecule has 0 aromatic heterocycles. The Hall–Kier alpha value is -1.52. The minimum atomic E-state index is 0.0368. The van der Waals surface area contributed by atoms with Gasteiger partial charge in [-0.05, 0) is 44.2 Å². The zero-order chi connectivity index (χ0) is 15.2. The third-order valence-electron chi connectivity index (χ3n) is 3.70. The molecule has 1 aliphatic heterocycles. The molecule has 1 aromatic carbocycles. The van der Waals surface area contributed by atoms with Crippen LogP contribution in [-0.4, -0.2) is 44.1 Å². The van der Waals surface area contributed by atoms with Crippen LogP contribution in [0.4, 0.5) is 0 Å². The van der Waals surface area contributed by atoms with Gasteiger partial charge in [0.25, 0.3) is 0 Å². The lowest BCUT2D eigenvalue weighted by molar-refractivity contribution is -0.126. The van der Waals surface area contributed by atoms with Gasteiger partial charge in [-0.1, -0.05) is 11.6 Å². The van der Waals surface area contributed by atoms with E-state index in [4.69, 9.17) is 16.3 Å². The molecule has 1 heterocycles. The fraction of sp³-hybridized carbons (Fsp3) is 0.438. The van der Waals surface area contributed by atoms with Gasteiger partial charge in [-0.15, -0.1) is 0 Å². The predicted molar refractivity (Wildman–Crippen MR) is 85.7 cm³/mol. The van der Waals surface area contributed by atoms with E-state index in [1.807, 2.05) is 11.9 Å². The molecule has 0 bridgehead atoms. The lowest BCUT2D eigenvalue weighted by Gasteiger charge is -2.23. The van der Waals surface area contributed by atoms with Crippen molar-refractivity contribution in [2.24, 2.45) is 0 Å². The van der Waals surface area contributed by atoms with E-state index >= 15 is 0 Å². The number of hydrogen-bond acceptors (Lipinski definition) is 3. The molecule has 0 aliphatic carbocycles. The standard InChI is InChI=1S/C16H21ClN2O2/c1-18-11-14-4-3-9-19(14)16(20)8-5-12-10-13(17)6-7-15(12)21-2/h5-8,10,14,18H,3-4,9,11H2,1-2H3. The highest BCUT2D eigenvalue weighted by Crippen LogP contribution is 2.24. The number of likely N-dealkylation sites (N-methyl/N-ethyl adjacent to an activating group) is 1. The average Bonchev–Trinajstić information content (AvgIpc) is 2.93. The molecule has 4 nitrogen and oxygen atoms in total. The van der Waals surface area contributed by atoms with E-state index in [-0.39, 0.29) is 11.9 Å². The lowest BCUT2D eigenvalue weighted by atomic mass is 10.1. The zero-order valence-electron chi connectivity index (χ0n) is 12.4. The molecule has 1 aliphatic rings. The summed E-state index contributed by atoms with van der Waals surface area (Å²) in [6, 6.07) is 5.64. The van der Waals surface area contributed by atoms with Crippen molar-refractivity contribution in [3.63, 3.8) is 0 Å². The topological polar surface area (TPSA) is 41.6 Å². The van der Waals surface area contributed by atoms with Gasteiger partial charge in [0.2, 0.25) is 5.91 Å². The molecule has 1 unspecified atom stereocenters. The fourth-order valence-corrected chi connectivity index (χ4v) is 2.85. The summed E-state index contributed by atoms with van der Waals surface area (Å²) >= 11 is 5.99. The Kier molecular flexibility index (Phi) is 5.65. The van der Waals surface area contributed by atoms with Crippen LogP contribution in [0.2, 0.25) is 5.02 Å². The number of methoxy groups -OCH3 is 1. The second-order valence-corrected chi connectivity index (χ2v) is 5.54. The molecule has 114 valence electrons. The van der Waals surface area contributed by atoms with Crippen LogP contribution in [0.3, 0.4) is 0 Å². The summed E-state index contributed by atoms with van der Waals surface area (Å²) in [5.74, 6) is 0.742. The van der Waals surface area contributed by atoms with Crippen LogP contribution in [0.15, 0.2) is 24.3 Å². The largest absolute Gasteiger partial charge is 0.496 e. The van der Waals surface area contributed by atoms with Crippen LogP contribution in [-0.2, 0) is 4.79 Å². The molecule has 1 amide bonds. The Labute approximate surface area is 130 Å². The normalized spacial score (nSPS) is 18.4. The Morgan fingerprint density at radius 2 is 2.38 bits per heavy atom. The molecular formula is C16H21ClN2O2. The van der Waals surface area contributed by atoms with Gasteiger partial charge in [-0.2, -0.15) is 0 Å². The number of amides is 1. The molecule has 1 aromatic rings. The summed E-state index contributed by atoms with van der Waals surface area (Å²) in [4.78, 5) is 14.2. The first kappa shape index (κ1) is 15.9. The summed E-state index contributed by atoms with van der Waals surface area (Å²) in [7, 11) is 3.51. The van der Waals surface area contributed by atoms with Gasteiger partial charge in [0.05, 0.1) is 7.11 Å². The fourth-order valence-electron chi connectivity index (χ4n) is 2.67. The van der Waals surface area contributed by atoms with Crippen molar-refractivity contribution >= 4 is 23.6 Å². The van der Waals surface area contributed by atoms with E-state index < -0.39 is 0 Å². The van der Waals surface area contributed by atoms with E-state index in [9.17, 15) is 4.79 Å². The highest BCUT2D eigenvalue weighted by Gasteiger charge is 2.26. The number of ether oxygens (including phenoxy) is 1. The van der Waals surface area contributed by atoms with E-state index in [1.165, 1.54) is 0 Å². The molecule has 1 N–H and O–H groups in total. The summed E-state index contributed by atoms with van der Waals surface area (Å²) in [6.07, 6.45) is 5.48. The van der Waals surface area contributed by atoms with Gasteiger partial charge >= 0.3 is 0 Å². The van der Waals surface area contributed by atoms with Crippen LogP contribution in [0.25, 0.3) is 6.08 Å². The maximum atomic E-state index is 12.3. The molecule has 5 heteroatoms. The number of likely N-dealkylation sites (tertiary alicyclic amines) is 1. The van der Waals surface area contributed by atoms with Gasteiger partial charge in [-0.25, -0.2) is 0 Å². The summed E-state index contributed by atoms with van der Waals surface area (Å²) in [5.41, 5.74) is 0.808. The summed E-state index contributed by atoms with van der Waals surface area (Å²) in [5, 5.41) is 3.76. The number of carbonyl (C=O) groups is 1. The van der Waals surface area contributed by atoms with Gasteiger partial charge < -0.3 is 15.0 Å². The minimum Gasteiger partial charge on any atom is -0.496 e. The van der Waals surface area contributed by atoms with Gasteiger partial charge in [0.1, 0.15) is 5.75 Å². The number of carbonyl (C=O) groups excluding carboxylic acids is 1. The SMILES string of the molecule is CNCC1CCCN1C(=O)C=Cc1cc(Cl)ccc1OC. The Balaban J connectivity index is 2.10. The monoisotopic (exact) mass is 308 g/mol. The highest BCUT2D eigenvalue weighted by atomic mass is 35.5. The molecule has 1 fully saturated rings. The van der Waals surface area contributed by atoms with E-state index in [0.29, 0.717) is 10.8 Å².